The van der Waals surface area contributed by atoms with Crippen LogP contribution in [0.2, 0.25) is 0 Å². The van der Waals surface area contributed by atoms with E-state index in [-0.39, 0.29) is 30.0 Å². The van der Waals surface area contributed by atoms with Gasteiger partial charge in [-0.2, -0.15) is 0 Å². The number of fused-ring (bicyclic) bond motifs is 2. The van der Waals surface area contributed by atoms with Gasteiger partial charge in [0.15, 0.2) is 5.96 Å². The number of nitrogens with zero attached hydrogens (tertiary/aromatic N) is 4. The topological polar surface area (TPSA) is 76.4 Å². The van der Waals surface area contributed by atoms with Gasteiger partial charge >= 0.3 is 0 Å². The molecule has 152 valence electrons. The van der Waals surface area contributed by atoms with Crippen LogP contribution >= 0.6 is 24.0 Å². The molecule has 28 heavy (non-hydrogen) atoms. The zero-order valence-electron chi connectivity index (χ0n) is 16.5. The first kappa shape index (κ1) is 20.9. The maximum absolute atomic E-state index is 5.77. The molecule has 0 bridgehead atoms. The number of hydrogen-bond donors (Lipinski definition) is 2. The van der Waals surface area contributed by atoms with Crippen molar-refractivity contribution in [2.75, 3.05) is 19.7 Å². The SMILES string of the molecule is CCNC(=NCC1CCc2nnc(C)n2C1)NC1CCOc2ccccc21.I. The van der Waals surface area contributed by atoms with Crippen molar-refractivity contribution in [3.8, 4) is 5.75 Å². The van der Waals surface area contributed by atoms with Gasteiger partial charge in [0.25, 0.3) is 0 Å². The first-order valence-corrected chi connectivity index (χ1v) is 9.90. The Hall–Kier alpha value is -1.84. The van der Waals surface area contributed by atoms with Gasteiger partial charge in [0, 0.05) is 38.0 Å². The number of rotatable bonds is 4. The van der Waals surface area contributed by atoms with E-state index in [0.29, 0.717) is 5.92 Å². The zero-order chi connectivity index (χ0) is 18.6. The van der Waals surface area contributed by atoms with Crippen molar-refractivity contribution in [2.24, 2.45) is 10.9 Å². The molecule has 0 saturated carbocycles. The van der Waals surface area contributed by atoms with Crippen LogP contribution in [-0.4, -0.2) is 40.4 Å². The number of benzene rings is 1. The van der Waals surface area contributed by atoms with Crippen LogP contribution in [0.15, 0.2) is 29.3 Å². The number of nitrogens with one attached hydrogen (secondary N) is 2. The summed E-state index contributed by atoms with van der Waals surface area (Å²) < 4.78 is 8.01. The molecule has 2 aromatic rings. The quantitative estimate of drug-likeness (QED) is 0.387. The summed E-state index contributed by atoms with van der Waals surface area (Å²) >= 11 is 0. The molecule has 2 aliphatic rings. The average molecular weight is 496 g/mol. The highest BCUT2D eigenvalue weighted by Crippen LogP contribution is 2.31. The molecule has 1 aromatic carbocycles. The van der Waals surface area contributed by atoms with E-state index < -0.39 is 0 Å². The highest BCUT2D eigenvalue weighted by Gasteiger charge is 2.23. The van der Waals surface area contributed by atoms with E-state index in [1.165, 1.54) is 5.56 Å². The Kier molecular flexibility index (Phi) is 7.14. The number of para-hydroxylation sites is 1. The monoisotopic (exact) mass is 496 g/mol. The lowest BCUT2D eigenvalue weighted by Crippen LogP contribution is -2.41. The zero-order valence-corrected chi connectivity index (χ0v) is 18.8. The number of halogens is 1. The maximum Gasteiger partial charge on any atom is 0.191 e. The molecule has 2 atom stereocenters. The number of aryl methyl sites for hydroxylation is 2. The Morgan fingerprint density at radius 3 is 3.00 bits per heavy atom. The lowest BCUT2D eigenvalue weighted by atomic mass is 9.99. The second-order valence-electron chi connectivity index (χ2n) is 7.27. The first-order valence-electron chi connectivity index (χ1n) is 9.90. The molecule has 2 unspecified atom stereocenters. The number of aliphatic imine (C=N–C) groups is 1. The number of guanidine groups is 1. The summed E-state index contributed by atoms with van der Waals surface area (Å²) in [6, 6.07) is 8.48. The predicted molar refractivity (Wildman–Crippen MR) is 120 cm³/mol. The second-order valence-corrected chi connectivity index (χ2v) is 7.27. The molecule has 1 aromatic heterocycles. The summed E-state index contributed by atoms with van der Waals surface area (Å²) in [5, 5.41) is 15.4. The Morgan fingerprint density at radius 1 is 1.29 bits per heavy atom. The van der Waals surface area contributed by atoms with Gasteiger partial charge in [0.1, 0.15) is 17.4 Å². The van der Waals surface area contributed by atoms with Crippen molar-refractivity contribution in [1.29, 1.82) is 0 Å². The lowest BCUT2D eigenvalue weighted by Gasteiger charge is -2.28. The highest BCUT2D eigenvalue weighted by atomic mass is 127. The molecule has 0 aliphatic carbocycles. The molecule has 0 fully saturated rings. The number of hydrogen-bond acceptors (Lipinski definition) is 4. The average Bonchev–Trinajstić information content (AvgIpc) is 3.07. The van der Waals surface area contributed by atoms with Crippen LogP contribution in [0.5, 0.6) is 5.75 Å². The molecule has 0 radical (unpaired) electrons. The van der Waals surface area contributed by atoms with Gasteiger partial charge in [-0.25, -0.2) is 0 Å². The summed E-state index contributed by atoms with van der Waals surface area (Å²) in [6.45, 7) is 7.45. The van der Waals surface area contributed by atoms with E-state index >= 15 is 0 Å². The van der Waals surface area contributed by atoms with Crippen LogP contribution in [-0.2, 0) is 13.0 Å². The number of ether oxygens (including phenoxy) is 1. The number of aromatic nitrogens is 3. The largest absolute Gasteiger partial charge is 0.493 e. The first-order chi connectivity index (χ1) is 13.2. The fraction of sp³-hybridized carbons (Fsp3) is 0.550. The summed E-state index contributed by atoms with van der Waals surface area (Å²) in [5.74, 6) is 4.48. The van der Waals surface area contributed by atoms with Gasteiger partial charge in [-0.1, -0.05) is 18.2 Å². The Labute approximate surface area is 183 Å². The summed E-state index contributed by atoms with van der Waals surface area (Å²) in [7, 11) is 0. The van der Waals surface area contributed by atoms with Crippen molar-refractivity contribution < 1.29 is 4.74 Å². The van der Waals surface area contributed by atoms with E-state index in [9.17, 15) is 0 Å². The molecule has 4 rings (SSSR count). The Balaban J connectivity index is 0.00000225. The van der Waals surface area contributed by atoms with Crippen molar-refractivity contribution in [2.45, 2.75) is 45.7 Å². The fourth-order valence-electron chi connectivity index (χ4n) is 3.88. The van der Waals surface area contributed by atoms with Crippen molar-refractivity contribution in [3.05, 3.63) is 41.5 Å². The molecule has 3 heterocycles. The van der Waals surface area contributed by atoms with Gasteiger partial charge in [-0.15, -0.1) is 34.2 Å². The molecule has 0 amide bonds. The van der Waals surface area contributed by atoms with Gasteiger partial charge in [-0.05, 0) is 32.3 Å². The fourth-order valence-corrected chi connectivity index (χ4v) is 3.88. The highest BCUT2D eigenvalue weighted by molar-refractivity contribution is 14.0. The van der Waals surface area contributed by atoms with Crippen molar-refractivity contribution >= 4 is 29.9 Å². The minimum atomic E-state index is 0. The molecule has 0 spiro atoms. The van der Waals surface area contributed by atoms with Crippen LogP contribution < -0.4 is 15.4 Å². The molecule has 8 heteroatoms. The van der Waals surface area contributed by atoms with Gasteiger partial charge in [0.2, 0.25) is 0 Å². The molecule has 2 N–H and O–H groups in total. The smallest absolute Gasteiger partial charge is 0.191 e. The van der Waals surface area contributed by atoms with Gasteiger partial charge in [-0.3, -0.25) is 4.99 Å². The minimum Gasteiger partial charge on any atom is -0.493 e. The van der Waals surface area contributed by atoms with Gasteiger partial charge in [0.05, 0.1) is 12.6 Å². The summed E-state index contributed by atoms with van der Waals surface area (Å²) in [5.41, 5.74) is 1.21. The summed E-state index contributed by atoms with van der Waals surface area (Å²) in [4.78, 5) is 4.89. The minimum absolute atomic E-state index is 0. The molecule has 7 nitrogen and oxygen atoms in total. The molecule has 0 saturated heterocycles. The maximum atomic E-state index is 5.77. The predicted octanol–water partition coefficient (Wildman–Crippen LogP) is 2.85. The van der Waals surface area contributed by atoms with Crippen molar-refractivity contribution in [3.63, 3.8) is 0 Å². The van der Waals surface area contributed by atoms with E-state index in [2.05, 4.69) is 44.5 Å². The van der Waals surface area contributed by atoms with E-state index in [1.807, 2.05) is 19.1 Å². The third kappa shape index (κ3) is 4.59. The third-order valence-electron chi connectivity index (χ3n) is 5.35. The van der Waals surface area contributed by atoms with E-state index in [1.54, 1.807) is 0 Å². The van der Waals surface area contributed by atoms with Crippen LogP contribution in [0.3, 0.4) is 0 Å². The third-order valence-corrected chi connectivity index (χ3v) is 5.35. The molecular weight excluding hydrogens is 467 g/mol. The van der Waals surface area contributed by atoms with Crippen LogP contribution in [0.25, 0.3) is 0 Å². The Bertz CT molecular complexity index is 821. The lowest BCUT2D eigenvalue weighted by molar-refractivity contribution is 0.261. The standard InChI is InChI=1S/C20H28N6O.HI/c1-3-21-20(23-17-10-11-27-18-7-5-4-6-16(17)18)22-12-15-8-9-19-25-24-14(2)26(19)13-15;/h4-7,15,17H,3,8-13H2,1-2H3,(H2,21,22,23);1H. The molecule has 2 aliphatic heterocycles. The van der Waals surface area contributed by atoms with Crippen LogP contribution in [0, 0.1) is 12.8 Å². The van der Waals surface area contributed by atoms with Crippen molar-refractivity contribution in [1.82, 2.24) is 25.4 Å². The normalized spacial score (nSPS) is 21.0. The van der Waals surface area contributed by atoms with Gasteiger partial charge < -0.3 is 19.9 Å². The Morgan fingerprint density at radius 2 is 2.14 bits per heavy atom. The molecular formula is C20H29IN6O. The van der Waals surface area contributed by atoms with Crippen LogP contribution in [0.1, 0.15) is 43.0 Å². The second kappa shape index (κ2) is 9.58. The van der Waals surface area contributed by atoms with E-state index in [4.69, 9.17) is 9.73 Å². The van der Waals surface area contributed by atoms with E-state index in [0.717, 1.165) is 68.9 Å². The van der Waals surface area contributed by atoms with Crippen LogP contribution in [0.4, 0.5) is 0 Å². The summed E-state index contributed by atoms with van der Waals surface area (Å²) in [6.07, 6.45) is 3.04.